The second-order valence-corrected chi connectivity index (χ2v) is 7.11. The highest BCUT2D eigenvalue weighted by Crippen LogP contribution is 2.34. The summed E-state index contributed by atoms with van der Waals surface area (Å²) in [5.74, 6) is 0.699. The van der Waals surface area contributed by atoms with E-state index in [9.17, 15) is 0 Å². The van der Waals surface area contributed by atoms with Crippen LogP contribution in [0.2, 0.25) is 0 Å². The standard InChI is InChI=1S/C14H27N/c1-10-8-11(13(2,3)4)15-12(9-10)14(5,6)7/h8,10,12,15H,9H2,1-7H3/t10-,12+/m1/s1. The van der Waals surface area contributed by atoms with Crippen LogP contribution in [0.5, 0.6) is 0 Å². The molecule has 0 saturated carbocycles. The van der Waals surface area contributed by atoms with Crippen LogP contribution in [0.4, 0.5) is 0 Å². The van der Waals surface area contributed by atoms with Crippen LogP contribution in [0, 0.1) is 16.7 Å². The third kappa shape index (κ3) is 3.25. The van der Waals surface area contributed by atoms with Crippen molar-refractivity contribution in [2.45, 2.75) is 60.9 Å². The quantitative estimate of drug-likeness (QED) is 0.637. The van der Waals surface area contributed by atoms with Gasteiger partial charge in [-0.05, 0) is 17.8 Å². The molecule has 1 N–H and O–H groups in total. The summed E-state index contributed by atoms with van der Waals surface area (Å²) < 4.78 is 0. The lowest BCUT2D eigenvalue weighted by molar-refractivity contribution is 0.225. The van der Waals surface area contributed by atoms with E-state index in [1.807, 2.05) is 0 Å². The molecule has 2 atom stereocenters. The molecule has 1 aliphatic heterocycles. The Morgan fingerprint density at radius 1 is 1.13 bits per heavy atom. The maximum atomic E-state index is 3.72. The summed E-state index contributed by atoms with van der Waals surface area (Å²) in [6.45, 7) is 16.1. The van der Waals surface area contributed by atoms with Crippen LogP contribution in [0.1, 0.15) is 54.9 Å². The molecule has 0 unspecified atom stereocenters. The van der Waals surface area contributed by atoms with Crippen molar-refractivity contribution in [2.75, 3.05) is 0 Å². The molecule has 1 nitrogen and oxygen atoms in total. The molecule has 0 saturated heterocycles. The smallest absolute Gasteiger partial charge is 0.0312 e. The van der Waals surface area contributed by atoms with Crippen LogP contribution in [0.3, 0.4) is 0 Å². The van der Waals surface area contributed by atoms with Gasteiger partial charge in [0, 0.05) is 17.2 Å². The minimum absolute atomic E-state index is 0.248. The lowest BCUT2D eigenvalue weighted by Gasteiger charge is -2.41. The first-order valence-corrected chi connectivity index (χ1v) is 6.09. The fraction of sp³-hybridized carbons (Fsp3) is 0.857. The summed E-state index contributed by atoms with van der Waals surface area (Å²) in [6.07, 6.45) is 3.66. The van der Waals surface area contributed by atoms with E-state index in [2.05, 4.69) is 59.9 Å². The van der Waals surface area contributed by atoms with Crippen molar-refractivity contribution in [3.05, 3.63) is 11.8 Å². The third-order valence-corrected chi connectivity index (χ3v) is 3.24. The summed E-state index contributed by atoms with van der Waals surface area (Å²) in [4.78, 5) is 0. The normalized spacial score (nSPS) is 28.3. The number of allylic oxidation sites excluding steroid dienone is 2. The van der Waals surface area contributed by atoms with Crippen LogP contribution < -0.4 is 5.32 Å². The first-order valence-electron chi connectivity index (χ1n) is 6.09. The summed E-state index contributed by atoms with van der Waals surface area (Å²) in [6, 6.07) is 0.603. The minimum Gasteiger partial charge on any atom is -0.385 e. The molecule has 0 bridgehead atoms. The van der Waals surface area contributed by atoms with Gasteiger partial charge in [0.2, 0.25) is 0 Å². The maximum absolute atomic E-state index is 3.72. The van der Waals surface area contributed by atoms with Crippen molar-refractivity contribution in [1.82, 2.24) is 5.32 Å². The largest absolute Gasteiger partial charge is 0.385 e. The van der Waals surface area contributed by atoms with Gasteiger partial charge in [-0.1, -0.05) is 54.5 Å². The molecule has 1 aliphatic rings. The highest BCUT2D eigenvalue weighted by atomic mass is 15.0. The molecule has 0 aromatic heterocycles. The van der Waals surface area contributed by atoms with E-state index in [4.69, 9.17) is 0 Å². The van der Waals surface area contributed by atoms with Gasteiger partial charge in [-0.2, -0.15) is 0 Å². The Bertz CT molecular complexity index is 249. The van der Waals surface area contributed by atoms with Gasteiger partial charge in [0.1, 0.15) is 0 Å². The Morgan fingerprint density at radius 3 is 2.07 bits per heavy atom. The Morgan fingerprint density at radius 2 is 1.67 bits per heavy atom. The van der Waals surface area contributed by atoms with Crippen molar-refractivity contribution in [3.63, 3.8) is 0 Å². The first-order chi connectivity index (χ1) is 6.60. The van der Waals surface area contributed by atoms with Gasteiger partial charge in [0.15, 0.2) is 0 Å². The van der Waals surface area contributed by atoms with E-state index in [0.717, 1.165) is 0 Å². The highest BCUT2D eigenvalue weighted by molar-refractivity contribution is 5.15. The molecule has 1 heteroatoms. The summed E-state index contributed by atoms with van der Waals surface area (Å²) in [5, 5.41) is 3.72. The lowest BCUT2D eigenvalue weighted by atomic mass is 9.76. The molecule has 15 heavy (non-hydrogen) atoms. The first kappa shape index (κ1) is 12.6. The van der Waals surface area contributed by atoms with Gasteiger partial charge in [-0.25, -0.2) is 0 Å². The van der Waals surface area contributed by atoms with Gasteiger partial charge in [0.25, 0.3) is 0 Å². The predicted octanol–water partition coefficient (Wildman–Crippen LogP) is 3.96. The Hall–Kier alpha value is -0.460. The number of hydrogen-bond donors (Lipinski definition) is 1. The molecule has 88 valence electrons. The van der Waals surface area contributed by atoms with Crippen molar-refractivity contribution < 1.29 is 0 Å². The van der Waals surface area contributed by atoms with Gasteiger partial charge in [-0.3, -0.25) is 0 Å². The maximum Gasteiger partial charge on any atom is 0.0312 e. The van der Waals surface area contributed by atoms with Gasteiger partial charge < -0.3 is 5.32 Å². The Balaban J connectivity index is 2.86. The zero-order valence-corrected chi connectivity index (χ0v) is 11.4. The monoisotopic (exact) mass is 209 g/mol. The average Bonchev–Trinajstić information content (AvgIpc) is 1.99. The fourth-order valence-electron chi connectivity index (χ4n) is 2.06. The van der Waals surface area contributed by atoms with Crippen LogP contribution >= 0.6 is 0 Å². The highest BCUT2D eigenvalue weighted by Gasteiger charge is 2.32. The van der Waals surface area contributed by atoms with E-state index >= 15 is 0 Å². The number of nitrogens with one attached hydrogen (secondary N) is 1. The van der Waals surface area contributed by atoms with Crippen LogP contribution in [-0.2, 0) is 0 Å². The molecule has 0 fully saturated rings. The van der Waals surface area contributed by atoms with E-state index < -0.39 is 0 Å². The number of hydrogen-bond acceptors (Lipinski definition) is 1. The molecule has 0 radical (unpaired) electrons. The van der Waals surface area contributed by atoms with E-state index in [1.54, 1.807) is 0 Å². The predicted molar refractivity (Wildman–Crippen MR) is 67.7 cm³/mol. The molecule has 1 heterocycles. The van der Waals surface area contributed by atoms with Gasteiger partial charge in [0.05, 0.1) is 0 Å². The molecule has 0 aromatic rings. The summed E-state index contributed by atoms with van der Waals surface area (Å²) >= 11 is 0. The molecule has 0 aromatic carbocycles. The van der Waals surface area contributed by atoms with Crippen LogP contribution in [0.15, 0.2) is 11.8 Å². The Labute approximate surface area is 95.3 Å². The zero-order valence-electron chi connectivity index (χ0n) is 11.4. The summed E-state index contributed by atoms with van der Waals surface area (Å²) in [7, 11) is 0. The lowest BCUT2D eigenvalue weighted by Crippen LogP contribution is -2.46. The SMILES string of the molecule is C[C@@H]1C=C(C(C)(C)C)N[C@H](C(C)(C)C)C1. The Kier molecular flexibility index (Phi) is 3.23. The second kappa shape index (κ2) is 3.84. The molecule has 0 amide bonds. The average molecular weight is 209 g/mol. The van der Waals surface area contributed by atoms with E-state index in [-0.39, 0.29) is 5.41 Å². The fourth-order valence-corrected chi connectivity index (χ4v) is 2.06. The topological polar surface area (TPSA) is 12.0 Å². The molecular weight excluding hydrogens is 182 g/mol. The second-order valence-electron chi connectivity index (χ2n) is 7.11. The molecular formula is C14H27N. The van der Waals surface area contributed by atoms with Crippen molar-refractivity contribution in [3.8, 4) is 0 Å². The van der Waals surface area contributed by atoms with Crippen molar-refractivity contribution in [1.29, 1.82) is 0 Å². The van der Waals surface area contributed by atoms with E-state index in [0.29, 0.717) is 17.4 Å². The van der Waals surface area contributed by atoms with Crippen LogP contribution in [0.25, 0.3) is 0 Å². The summed E-state index contributed by atoms with van der Waals surface area (Å²) in [5.41, 5.74) is 2.01. The van der Waals surface area contributed by atoms with Crippen LogP contribution in [-0.4, -0.2) is 6.04 Å². The minimum atomic E-state index is 0.248. The van der Waals surface area contributed by atoms with Gasteiger partial charge >= 0.3 is 0 Å². The van der Waals surface area contributed by atoms with Gasteiger partial charge in [-0.15, -0.1) is 0 Å². The molecule has 0 spiro atoms. The third-order valence-electron chi connectivity index (χ3n) is 3.24. The number of rotatable bonds is 0. The van der Waals surface area contributed by atoms with Crippen molar-refractivity contribution in [2.24, 2.45) is 16.7 Å². The molecule has 1 rings (SSSR count). The molecule has 0 aliphatic carbocycles. The van der Waals surface area contributed by atoms with E-state index in [1.165, 1.54) is 12.1 Å². The zero-order chi connectivity index (χ0) is 11.9. The van der Waals surface area contributed by atoms with Crippen molar-refractivity contribution >= 4 is 0 Å².